The molecule has 0 aliphatic carbocycles. The van der Waals surface area contributed by atoms with Crippen LogP contribution in [0.25, 0.3) is 0 Å². The Kier molecular flexibility index (Phi) is 4.42. The molecule has 2 heterocycles. The molecule has 3 nitrogen and oxygen atoms in total. The number of hydrogen-bond donors (Lipinski definition) is 2. The zero-order valence-electron chi connectivity index (χ0n) is 9.80. The maximum absolute atomic E-state index is 5.58. The molecular weight excluding hydrogens is 188 g/mol. The second kappa shape index (κ2) is 5.83. The molecule has 0 spiro atoms. The highest BCUT2D eigenvalue weighted by Crippen LogP contribution is 2.13. The lowest BCUT2D eigenvalue weighted by molar-refractivity contribution is 0.109. The molecule has 3 unspecified atom stereocenters. The Bertz CT molecular complexity index is 180. The summed E-state index contributed by atoms with van der Waals surface area (Å²) in [7, 11) is 0. The lowest BCUT2D eigenvalue weighted by atomic mass is 9.99. The summed E-state index contributed by atoms with van der Waals surface area (Å²) in [5, 5.41) is 7.17. The van der Waals surface area contributed by atoms with Crippen molar-refractivity contribution in [3.8, 4) is 0 Å². The van der Waals surface area contributed by atoms with E-state index in [-0.39, 0.29) is 0 Å². The van der Waals surface area contributed by atoms with E-state index >= 15 is 0 Å². The SMILES string of the molecule is CC1CCCC(CNCC2CCCO2)N1. The van der Waals surface area contributed by atoms with Crippen molar-refractivity contribution in [2.45, 2.75) is 57.2 Å². The molecule has 15 heavy (non-hydrogen) atoms. The van der Waals surface area contributed by atoms with Gasteiger partial charge < -0.3 is 15.4 Å². The predicted molar refractivity (Wildman–Crippen MR) is 62.1 cm³/mol. The Balaban J connectivity index is 1.56. The third kappa shape index (κ3) is 3.74. The fourth-order valence-corrected chi connectivity index (χ4v) is 2.62. The molecule has 0 aromatic carbocycles. The molecule has 2 aliphatic heterocycles. The number of nitrogens with one attached hydrogen (secondary N) is 2. The van der Waals surface area contributed by atoms with E-state index in [0.29, 0.717) is 18.2 Å². The largest absolute Gasteiger partial charge is 0.377 e. The summed E-state index contributed by atoms with van der Waals surface area (Å²) in [6.07, 6.45) is 6.99. The van der Waals surface area contributed by atoms with Crippen LogP contribution in [0, 0.1) is 0 Å². The van der Waals surface area contributed by atoms with Gasteiger partial charge in [-0.05, 0) is 32.6 Å². The molecule has 0 radical (unpaired) electrons. The highest BCUT2D eigenvalue weighted by molar-refractivity contribution is 4.80. The first-order valence-corrected chi connectivity index (χ1v) is 6.43. The average Bonchev–Trinajstić information content (AvgIpc) is 2.71. The first kappa shape index (κ1) is 11.4. The molecule has 2 N–H and O–H groups in total. The van der Waals surface area contributed by atoms with Crippen molar-refractivity contribution >= 4 is 0 Å². The molecule has 2 aliphatic rings. The highest BCUT2D eigenvalue weighted by Gasteiger charge is 2.19. The molecule has 3 atom stereocenters. The van der Waals surface area contributed by atoms with Crippen LogP contribution in [-0.4, -0.2) is 37.9 Å². The van der Waals surface area contributed by atoms with Crippen molar-refractivity contribution in [1.82, 2.24) is 10.6 Å². The minimum absolute atomic E-state index is 0.478. The summed E-state index contributed by atoms with van der Waals surface area (Å²) in [6, 6.07) is 1.38. The molecule has 2 fully saturated rings. The van der Waals surface area contributed by atoms with Crippen molar-refractivity contribution in [2.24, 2.45) is 0 Å². The van der Waals surface area contributed by atoms with Gasteiger partial charge in [-0.15, -0.1) is 0 Å². The van der Waals surface area contributed by atoms with Crippen LogP contribution in [0.3, 0.4) is 0 Å². The Labute approximate surface area is 93.0 Å². The zero-order valence-corrected chi connectivity index (χ0v) is 9.80. The Morgan fingerprint density at radius 2 is 2.13 bits per heavy atom. The summed E-state index contributed by atoms with van der Waals surface area (Å²) in [4.78, 5) is 0. The van der Waals surface area contributed by atoms with Gasteiger partial charge in [-0.2, -0.15) is 0 Å². The zero-order chi connectivity index (χ0) is 10.5. The normalized spacial score (nSPS) is 37.0. The van der Waals surface area contributed by atoms with E-state index in [0.717, 1.165) is 19.7 Å². The van der Waals surface area contributed by atoms with E-state index in [1.165, 1.54) is 32.1 Å². The van der Waals surface area contributed by atoms with Crippen LogP contribution >= 0.6 is 0 Å². The van der Waals surface area contributed by atoms with Crippen LogP contribution < -0.4 is 10.6 Å². The van der Waals surface area contributed by atoms with Crippen molar-refractivity contribution < 1.29 is 4.74 Å². The van der Waals surface area contributed by atoms with E-state index in [1.807, 2.05) is 0 Å². The average molecular weight is 212 g/mol. The third-order valence-electron chi connectivity index (χ3n) is 3.50. The second-order valence-electron chi connectivity index (χ2n) is 4.99. The van der Waals surface area contributed by atoms with Gasteiger partial charge in [0.05, 0.1) is 6.10 Å². The first-order chi connectivity index (χ1) is 7.34. The van der Waals surface area contributed by atoms with Crippen molar-refractivity contribution in [1.29, 1.82) is 0 Å². The van der Waals surface area contributed by atoms with Gasteiger partial charge in [-0.3, -0.25) is 0 Å². The van der Waals surface area contributed by atoms with Crippen LogP contribution in [0.1, 0.15) is 39.0 Å². The fraction of sp³-hybridized carbons (Fsp3) is 1.00. The standard InChI is InChI=1S/C12H24N2O/c1-10-4-2-5-11(14-10)8-13-9-12-6-3-7-15-12/h10-14H,2-9H2,1H3. The topological polar surface area (TPSA) is 33.3 Å². The third-order valence-corrected chi connectivity index (χ3v) is 3.50. The summed E-state index contributed by atoms with van der Waals surface area (Å²) >= 11 is 0. The first-order valence-electron chi connectivity index (χ1n) is 6.43. The Morgan fingerprint density at radius 3 is 2.87 bits per heavy atom. The van der Waals surface area contributed by atoms with Gasteiger partial charge in [0.2, 0.25) is 0 Å². The molecule has 88 valence electrons. The van der Waals surface area contributed by atoms with Gasteiger partial charge in [0.1, 0.15) is 0 Å². The highest BCUT2D eigenvalue weighted by atomic mass is 16.5. The van der Waals surface area contributed by atoms with Gasteiger partial charge in [0, 0.05) is 31.8 Å². The predicted octanol–water partition coefficient (Wildman–Crippen LogP) is 1.29. The quantitative estimate of drug-likeness (QED) is 0.736. The molecule has 0 amide bonds. The second-order valence-corrected chi connectivity index (χ2v) is 4.99. The van der Waals surface area contributed by atoms with E-state index in [1.54, 1.807) is 0 Å². The lowest BCUT2D eigenvalue weighted by Crippen LogP contribution is -2.47. The molecular formula is C12H24N2O. The lowest BCUT2D eigenvalue weighted by Gasteiger charge is -2.29. The molecule has 2 saturated heterocycles. The number of hydrogen-bond acceptors (Lipinski definition) is 3. The number of ether oxygens (including phenoxy) is 1. The molecule has 0 aromatic heterocycles. The van der Waals surface area contributed by atoms with Crippen LogP contribution in [-0.2, 0) is 4.74 Å². The molecule has 2 rings (SSSR count). The van der Waals surface area contributed by atoms with Gasteiger partial charge in [-0.25, -0.2) is 0 Å². The van der Waals surface area contributed by atoms with E-state index < -0.39 is 0 Å². The van der Waals surface area contributed by atoms with Crippen LogP contribution in [0.2, 0.25) is 0 Å². The smallest absolute Gasteiger partial charge is 0.0700 e. The van der Waals surface area contributed by atoms with Crippen LogP contribution in [0.5, 0.6) is 0 Å². The van der Waals surface area contributed by atoms with Gasteiger partial charge in [-0.1, -0.05) is 6.42 Å². The minimum Gasteiger partial charge on any atom is -0.377 e. The van der Waals surface area contributed by atoms with E-state index in [9.17, 15) is 0 Å². The van der Waals surface area contributed by atoms with Gasteiger partial charge in [0.25, 0.3) is 0 Å². The summed E-state index contributed by atoms with van der Waals surface area (Å²) in [5.41, 5.74) is 0. The van der Waals surface area contributed by atoms with Crippen molar-refractivity contribution in [2.75, 3.05) is 19.7 Å². The monoisotopic (exact) mass is 212 g/mol. The van der Waals surface area contributed by atoms with Crippen LogP contribution in [0.4, 0.5) is 0 Å². The van der Waals surface area contributed by atoms with Crippen LogP contribution in [0.15, 0.2) is 0 Å². The molecule has 3 heteroatoms. The van der Waals surface area contributed by atoms with Crippen molar-refractivity contribution in [3.05, 3.63) is 0 Å². The maximum Gasteiger partial charge on any atom is 0.0700 e. The molecule has 0 saturated carbocycles. The molecule has 0 aromatic rings. The van der Waals surface area contributed by atoms with Gasteiger partial charge >= 0.3 is 0 Å². The van der Waals surface area contributed by atoms with Crippen molar-refractivity contribution in [3.63, 3.8) is 0 Å². The summed E-state index contributed by atoms with van der Waals surface area (Å²) < 4.78 is 5.58. The molecule has 0 bridgehead atoms. The number of piperidine rings is 1. The number of rotatable bonds is 4. The Hall–Kier alpha value is -0.120. The fourth-order valence-electron chi connectivity index (χ4n) is 2.62. The Morgan fingerprint density at radius 1 is 1.20 bits per heavy atom. The summed E-state index contributed by atoms with van der Waals surface area (Å²) in [6.45, 7) is 5.38. The van der Waals surface area contributed by atoms with E-state index in [2.05, 4.69) is 17.6 Å². The van der Waals surface area contributed by atoms with E-state index in [4.69, 9.17) is 4.74 Å². The van der Waals surface area contributed by atoms with Gasteiger partial charge in [0.15, 0.2) is 0 Å². The maximum atomic E-state index is 5.58. The summed E-state index contributed by atoms with van der Waals surface area (Å²) in [5.74, 6) is 0. The minimum atomic E-state index is 0.478.